The molecule has 0 saturated carbocycles. The van der Waals surface area contributed by atoms with E-state index < -0.39 is 11.9 Å². The van der Waals surface area contributed by atoms with Crippen LogP contribution in [-0.4, -0.2) is 75.9 Å². The lowest BCUT2D eigenvalue weighted by Crippen LogP contribution is -2.46. The molecule has 2 aromatic rings. The van der Waals surface area contributed by atoms with E-state index in [-0.39, 0.29) is 5.91 Å². The largest absolute Gasteiger partial charge is 0.433 e. The minimum absolute atomic E-state index is 0.0641. The van der Waals surface area contributed by atoms with Crippen LogP contribution in [-0.2, 0) is 12.7 Å². The van der Waals surface area contributed by atoms with Crippen molar-refractivity contribution < 1.29 is 18.0 Å². The minimum atomic E-state index is -4.40. The summed E-state index contributed by atoms with van der Waals surface area (Å²) in [4.78, 5) is 27.0. The molecule has 0 bridgehead atoms. The average molecular weight is 448 g/mol. The van der Waals surface area contributed by atoms with Crippen LogP contribution in [0, 0.1) is 0 Å². The summed E-state index contributed by atoms with van der Waals surface area (Å²) in [7, 11) is 0. The quantitative estimate of drug-likeness (QED) is 0.720. The van der Waals surface area contributed by atoms with Crippen molar-refractivity contribution in [3.63, 3.8) is 0 Å². The standard InChI is InChI=1S/C23H28F3N5O/c24-23(25,26)21-3-2-18(16-28-21)17-29-12-6-20(7-13-29)30-10-1-11-31(15-14-30)22(32)19-4-8-27-9-5-19/h2-5,8-9,16,20H,1,6-7,10-15,17H2. The van der Waals surface area contributed by atoms with E-state index in [1.54, 1.807) is 24.5 Å². The van der Waals surface area contributed by atoms with Crippen molar-refractivity contribution >= 4 is 5.91 Å². The van der Waals surface area contributed by atoms with Crippen molar-refractivity contribution in [2.75, 3.05) is 39.3 Å². The van der Waals surface area contributed by atoms with E-state index in [2.05, 4.69) is 19.8 Å². The van der Waals surface area contributed by atoms with Gasteiger partial charge in [0.15, 0.2) is 0 Å². The zero-order chi connectivity index (χ0) is 22.6. The van der Waals surface area contributed by atoms with Crippen LogP contribution < -0.4 is 0 Å². The number of carbonyl (C=O) groups excluding carboxylic acids is 1. The Balaban J connectivity index is 1.25. The topological polar surface area (TPSA) is 52.6 Å². The number of rotatable bonds is 4. The molecule has 172 valence electrons. The molecule has 1 amide bonds. The first-order valence-corrected chi connectivity index (χ1v) is 11.1. The summed E-state index contributed by atoms with van der Waals surface area (Å²) in [5, 5.41) is 0. The van der Waals surface area contributed by atoms with E-state index in [0.29, 0.717) is 18.2 Å². The van der Waals surface area contributed by atoms with Gasteiger partial charge in [-0.15, -0.1) is 0 Å². The number of halogens is 3. The number of amides is 1. The smallest absolute Gasteiger partial charge is 0.337 e. The van der Waals surface area contributed by atoms with Gasteiger partial charge in [-0.3, -0.25) is 24.6 Å². The summed E-state index contributed by atoms with van der Waals surface area (Å²) in [5.41, 5.74) is 0.633. The number of aromatic nitrogens is 2. The summed E-state index contributed by atoms with van der Waals surface area (Å²) < 4.78 is 38.0. The van der Waals surface area contributed by atoms with Crippen molar-refractivity contribution in [2.24, 2.45) is 0 Å². The molecule has 6 nitrogen and oxygen atoms in total. The normalized spacial score (nSPS) is 19.7. The van der Waals surface area contributed by atoms with Crippen LogP contribution in [0.25, 0.3) is 0 Å². The molecule has 0 aliphatic carbocycles. The number of pyridine rings is 2. The van der Waals surface area contributed by atoms with Crippen molar-refractivity contribution in [1.29, 1.82) is 0 Å². The molecule has 2 aliphatic heterocycles. The summed E-state index contributed by atoms with van der Waals surface area (Å²) in [6.07, 6.45) is 3.21. The van der Waals surface area contributed by atoms with Crippen molar-refractivity contribution in [1.82, 2.24) is 24.7 Å². The molecule has 2 saturated heterocycles. The fourth-order valence-corrected chi connectivity index (χ4v) is 4.57. The molecule has 0 spiro atoms. The van der Waals surface area contributed by atoms with Gasteiger partial charge in [0.1, 0.15) is 5.69 Å². The van der Waals surface area contributed by atoms with Gasteiger partial charge in [-0.2, -0.15) is 13.2 Å². The lowest BCUT2D eigenvalue weighted by molar-refractivity contribution is -0.141. The second-order valence-corrected chi connectivity index (χ2v) is 8.47. The minimum Gasteiger partial charge on any atom is -0.337 e. The molecule has 2 aromatic heterocycles. The maximum Gasteiger partial charge on any atom is 0.433 e. The molecular formula is C23H28F3N5O. The Morgan fingerprint density at radius 3 is 2.38 bits per heavy atom. The molecule has 0 radical (unpaired) electrons. The Bertz CT molecular complexity index is 883. The molecule has 4 heterocycles. The van der Waals surface area contributed by atoms with Gasteiger partial charge in [-0.1, -0.05) is 6.07 Å². The first-order valence-electron chi connectivity index (χ1n) is 11.1. The van der Waals surface area contributed by atoms with Gasteiger partial charge in [0, 0.05) is 62.9 Å². The second-order valence-electron chi connectivity index (χ2n) is 8.47. The highest BCUT2D eigenvalue weighted by Crippen LogP contribution is 2.27. The molecule has 0 aromatic carbocycles. The highest BCUT2D eigenvalue weighted by Gasteiger charge is 2.32. The van der Waals surface area contributed by atoms with Crippen LogP contribution in [0.4, 0.5) is 13.2 Å². The number of hydrogen-bond donors (Lipinski definition) is 0. The third kappa shape index (κ3) is 5.63. The summed E-state index contributed by atoms with van der Waals surface area (Å²) in [6, 6.07) is 6.57. The van der Waals surface area contributed by atoms with E-state index in [1.807, 2.05) is 4.90 Å². The number of nitrogens with zero attached hydrogens (tertiary/aromatic N) is 5. The SMILES string of the molecule is O=C(c1ccncc1)N1CCCN(C2CCN(Cc3ccc(C(F)(F)F)nc3)CC2)CC1. The van der Waals surface area contributed by atoms with Gasteiger partial charge < -0.3 is 4.90 Å². The first kappa shape index (κ1) is 22.7. The number of hydrogen-bond acceptors (Lipinski definition) is 5. The Kier molecular flexibility index (Phi) is 7.05. The van der Waals surface area contributed by atoms with Gasteiger partial charge in [-0.25, -0.2) is 0 Å². The fourth-order valence-electron chi connectivity index (χ4n) is 4.57. The zero-order valence-electron chi connectivity index (χ0n) is 18.0. The van der Waals surface area contributed by atoms with Gasteiger partial charge >= 0.3 is 6.18 Å². The van der Waals surface area contributed by atoms with E-state index in [1.165, 1.54) is 12.3 Å². The maximum absolute atomic E-state index is 12.7. The summed E-state index contributed by atoms with van der Waals surface area (Å²) in [6.45, 7) is 5.75. The van der Waals surface area contributed by atoms with Crippen LogP contribution in [0.2, 0.25) is 0 Å². The zero-order valence-corrected chi connectivity index (χ0v) is 18.0. The van der Waals surface area contributed by atoms with Gasteiger partial charge in [0.05, 0.1) is 0 Å². The first-order chi connectivity index (χ1) is 15.4. The van der Waals surface area contributed by atoms with Crippen LogP contribution in [0.3, 0.4) is 0 Å². The summed E-state index contributed by atoms with van der Waals surface area (Å²) in [5.74, 6) is 0.0641. The predicted octanol–water partition coefficient (Wildman–Crippen LogP) is 3.31. The Hall–Kier alpha value is -2.52. The van der Waals surface area contributed by atoms with E-state index >= 15 is 0 Å². The molecule has 0 unspecified atom stereocenters. The van der Waals surface area contributed by atoms with Crippen molar-refractivity contribution in [3.8, 4) is 0 Å². The number of alkyl halides is 3. The van der Waals surface area contributed by atoms with Gasteiger partial charge in [0.2, 0.25) is 0 Å². The molecule has 0 atom stereocenters. The molecular weight excluding hydrogens is 419 g/mol. The molecule has 0 N–H and O–H groups in total. The van der Waals surface area contributed by atoms with E-state index in [9.17, 15) is 18.0 Å². The average Bonchev–Trinajstić information content (AvgIpc) is 3.06. The van der Waals surface area contributed by atoms with Crippen LogP contribution >= 0.6 is 0 Å². The van der Waals surface area contributed by atoms with Crippen LogP contribution in [0.1, 0.15) is 40.9 Å². The van der Waals surface area contributed by atoms with Crippen molar-refractivity contribution in [2.45, 2.75) is 38.0 Å². The third-order valence-electron chi connectivity index (χ3n) is 6.34. The van der Waals surface area contributed by atoms with Crippen molar-refractivity contribution in [3.05, 3.63) is 59.7 Å². The number of piperidine rings is 1. The lowest BCUT2D eigenvalue weighted by Gasteiger charge is -2.38. The highest BCUT2D eigenvalue weighted by molar-refractivity contribution is 5.94. The number of carbonyl (C=O) groups is 1. The highest BCUT2D eigenvalue weighted by atomic mass is 19.4. The Morgan fingerprint density at radius 1 is 0.969 bits per heavy atom. The van der Waals surface area contributed by atoms with E-state index in [4.69, 9.17) is 0 Å². The molecule has 2 fully saturated rings. The van der Waals surface area contributed by atoms with Crippen LogP contribution in [0.15, 0.2) is 42.9 Å². The lowest BCUT2D eigenvalue weighted by atomic mass is 10.0. The molecule has 9 heteroatoms. The third-order valence-corrected chi connectivity index (χ3v) is 6.34. The molecule has 32 heavy (non-hydrogen) atoms. The summed E-state index contributed by atoms with van der Waals surface area (Å²) >= 11 is 0. The van der Waals surface area contributed by atoms with E-state index in [0.717, 1.165) is 70.2 Å². The maximum atomic E-state index is 12.7. The Morgan fingerprint density at radius 2 is 1.72 bits per heavy atom. The Labute approximate surface area is 186 Å². The number of likely N-dealkylation sites (tertiary alicyclic amines) is 1. The predicted molar refractivity (Wildman–Crippen MR) is 114 cm³/mol. The molecule has 2 aliphatic rings. The van der Waals surface area contributed by atoms with Gasteiger partial charge in [-0.05, 0) is 56.1 Å². The second kappa shape index (κ2) is 9.95. The molecule has 4 rings (SSSR count). The van der Waals surface area contributed by atoms with Gasteiger partial charge in [0.25, 0.3) is 5.91 Å². The fraction of sp³-hybridized carbons (Fsp3) is 0.522. The monoisotopic (exact) mass is 447 g/mol. The van der Waals surface area contributed by atoms with Crippen LogP contribution in [0.5, 0.6) is 0 Å².